The van der Waals surface area contributed by atoms with Gasteiger partial charge in [-0.25, -0.2) is 16.8 Å². The van der Waals surface area contributed by atoms with Gasteiger partial charge >= 0.3 is 0 Å². The summed E-state index contributed by atoms with van der Waals surface area (Å²) in [6, 6.07) is 8.89. The van der Waals surface area contributed by atoms with Gasteiger partial charge in [-0.2, -0.15) is 4.31 Å². The molecule has 1 aliphatic rings. The van der Waals surface area contributed by atoms with Crippen molar-refractivity contribution >= 4 is 19.9 Å². The van der Waals surface area contributed by atoms with Crippen molar-refractivity contribution in [1.29, 1.82) is 0 Å². The quantitative estimate of drug-likeness (QED) is 0.738. The van der Waals surface area contributed by atoms with Crippen LogP contribution in [0.15, 0.2) is 58.6 Å². The molecule has 26 heavy (non-hydrogen) atoms. The van der Waals surface area contributed by atoms with E-state index in [1.807, 2.05) is 0 Å². The lowest BCUT2D eigenvalue weighted by molar-refractivity contribution is 0.214. The summed E-state index contributed by atoms with van der Waals surface area (Å²) in [6.45, 7) is 2.14. The zero-order valence-electron chi connectivity index (χ0n) is 14.3. The fraction of sp³-hybridized carbons (Fsp3) is 0.353. The Balaban J connectivity index is 1.73. The molecule has 1 aromatic heterocycles. The van der Waals surface area contributed by atoms with Crippen molar-refractivity contribution in [3.63, 3.8) is 0 Å². The molecule has 0 amide bonds. The lowest BCUT2D eigenvalue weighted by Crippen LogP contribution is -2.31. The Morgan fingerprint density at radius 2 is 1.81 bits per heavy atom. The van der Waals surface area contributed by atoms with E-state index in [1.165, 1.54) is 28.6 Å². The Hall–Kier alpha value is -1.97. The van der Waals surface area contributed by atoms with Crippen LogP contribution in [0.4, 0.5) is 0 Å². The molecule has 0 spiro atoms. The molecule has 7 nitrogen and oxygen atoms in total. The Labute approximate surface area is 153 Å². The molecular formula is C17H20N2O5S2. The minimum absolute atomic E-state index is 0.0292. The molecular weight excluding hydrogens is 376 g/mol. The predicted octanol–water partition coefficient (Wildman–Crippen LogP) is 1.72. The highest BCUT2D eigenvalue weighted by Crippen LogP contribution is 2.25. The monoisotopic (exact) mass is 396 g/mol. The van der Waals surface area contributed by atoms with E-state index in [1.54, 1.807) is 31.5 Å². The number of benzene rings is 1. The third-order valence-corrected chi connectivity index (χ3v) is 7.88. The fourth-order valence-electron chi connectivity index (χ4n) is 2.76. The van der Waals surface area contributed by atoms with Crippen LogP contribution < -0.4 is 4.74 Å². The minimum Gasteiger partial charge on any atom is -0.487 e. The van der Waals surface area contributed by atoms with Crippen LogP contribution in [0.5, 0.6) is 5.75 Å². The van der Waals surface area contributed by atoms with Crippen molar-refractivity contribution in [3.8, 4) is 5.75 Å². The van der Waals surface area contributed by atoms with Crippen molar-refractivity contribution in [1.82, 2.24) is 9.29 Å². The van der Waals surface area contributed by atoms with E-state index in [0.29, 0.717) is 18.7 Å². The molecule has 0 N–H and O–H groups in total. The number of rotatable bonds is 6. The first-order valence-corrected chi connectivity index (χ1v) is 11.3. The number of hydrogen-bond donors (Lipinski definition) is 0. The number of pyridine rings is 1. The van der Waals surface area contributed by atoms with Crippen molar-refractivity contribution in [2.75, 3.05) is 18.8 Å². The predicted molar refractivity (Wildman–Crippen MR) is 96.2 cm³/mol. The van der Waals surface area contributed by atoms with Gasteiger partial charge in [0, 0.05) is 12.7 Å². The Morgan fingerprint density at radius 1 is 1.12 bits per heavy atom. The summed E-state index contributed by atoms with van der Waals surface area (Å²) in [4.78, 5) is 4.17. The Bertz CT molecular complexity index is 958. The topological polar surface area (TPSA) is 93.6 Å². The second-order valence-electron chi connectivity index (χ2n) is 5.96. The van der Waals surface area contributed by atoms with Crippen LogP contribution in [0.25, 0.3) is 0 Å². The largest absolute Gasteiger partial charge is 0.487 e. The summed E-state index contributed by atoms with van der Waals surface area (Å²) in [7, 11) is -7.05. The number of aromatic nitrogens is 1. The maximum Gasteiger partial charge on any atom is 0.243 e. The molecule has 1 saturated heterocycles. The zero-order valence-corrected chi connectivity index (χ0v) is 15.9. The molecule has 1 atom stereocenters. The van der Waals surface area contributed by atoms with Crippen LogP contribution in [0, 0.1) is 0 Å². The third kappa shape index (κ3) is 3.89. The van der Waals surface area contributed by atoms with Gasteiger partial charge in [0.1, 0.15) is 11.9 Å². The van der Waals surface area contributed by atoms with Crippen molar-refractivity contribution < 1.29 is 21.6 Å². The van der Waals surface area contributed by atoms with E-state index in [0.717, 1.165) is 0 Å². The highest BCUT2D eigenvalue weighted by Gasteiger charge is 2.33. The van der Waals surface area contributed by atoms with Gasteiger partial charge < -0.3 is 4.74 Å². The van der Waals surface area contributed by atoms with Gasteiger partial charge in [-0.05, 0) is 42.8 Å². The number of ether oxygens (including phenoxy) is 1. The van der Waals surface area contributed by atoms with E-state index < -0.39 is 19.9 Å². The van der Waals surface area contributed by atoms with Crippen LogP contribution >= 0.6 is 0 Å². The molecule has 1 aromatic carbocycles. The van der Waals surface area contributed by atoms with Gasteiger partial charge in [0.25, 0.3) is 0 Å². The smallest absolute Gasteiger partial charge is 0.243 e. The highest BCUT2D eigenvalue weighted by atomic mass is 32.2. The van der Waals surface area contributed by atoms with Crippen LogP contribution in [0.2, 0.25) is 0 Å². The SMILES string of the molecule is CCS(=O)(=O)c1ccc(S(=O)(=O)N2CCC(Oc3cccnc3)C2)cc1. The summed E-state index contributed by atoms with van der Waals surface area (Å²) in [5.41, 5.74) is 0. The molecule has 1 aliphatic heterocycles. The number of sulfonamides is 1. The summed E-state index contributed by atoms with van der Waals surface area (Å²) in [5, 5.41) is 0. The van der Waals surface area contributed by atoms with Gasteiger partial charge in [-0.15, -0.1) is 0 Å². The van der Waals surface area contributed by atoms with Crippen LogP contribution in [0.3, 0.4) is 0 Å². The molecule has 0 aliphatic carbocycles. The maximum absolute atomic E-state index is 12.8. The van der Waals surface area contributed by atoms with Gasteiger partial charge in [-0.3, -0.25) is 4.98 Å². The zero-order chi connectivity index (χ0) is 18.8. The molecule has 3 rings (SSSR count). The van der Waals surface area contributed by atoms with Crippen LogP contribution in [-0.4, -0.2) is 51.1 Å². The van der Waals surface area contributed by atoms with Crippen molar-refractivity contribution in [2.24, 2.45) is 0 Å². The normalized spacial score (nSPS) is 18.7. The first-order valence-electron chi connectivity index (χ1n) is 8.22. The van der Waals surface area contributed by atoms with E-state index in [4.69, 9.17) is 4.74 Å². The van der Waals surface area contributed by atoms with Gasteiger partial charge in [0.05, 0.1) is 28.3 Å². The van der Waals surface area contributed by atoms with Gasteiger partial charge in [0.2, 0.25) is 10.0 Å². The minimum atomic E-state index is -3.69. The molecule has 9 heteroatoms. The molecule has 140 valence electrons. The van der Waals surface area contributed by atoms with E-state index >= 15 is 0 Å². The van der Waals surface area contributed by atoms with Crippen LogP contribution in [-0.2, 0) is 19.9 Å². The molecule has 0 bridgehead atoms. The lowest BCUT2D eigenvalue weighted by Gasteiger charge is -2.17. The van der Waals surface area contributed by atoms with E-state index in [-0.39, 0.29) is 28.2 Å². The summed E-state index contributed by atoms with van der Waals surface area (Å²) < 4.78 is 56.4. The van der Waals surface area contributed by atoms with E-state index in [9.17, 15) is 16.8 Å². The third-order valence-electron chi connectivity index (χ3n) is 4.25. The van der Waals surface area contributed by atoms with Gasteiger partial charge in [-0.1, -0.05) is 6.92 Å². The van der Waals surface area contributed by atoms with Gasteiger partial charge in [0.15, 0.2) is 9.84 Å². The number of sulfone groups is 1. The average molecular weight is 396 g/mol. The second-order valence-corrected chi connectivity index (χ2v) is 10.2. The lowest BCUT2D eigenvalue weighted by atomic mass is 10.3. The Kier molecular flexibility index (Phi) is 5.31. The van der Waals surface area contributed by atoms with Crippen molar-refractivity contribution in [3.05, 3.63) is 48.8 Å². The molecule has 2 heterocycles. The van der Waals surface area contributed by atoms with Crippen molar-refractivity contribution in [2.45, 2.75) is 29.2 Å². The molecule has 1 unspecified atom stereocenters. The Morgan fingerprint density at radius 3 is 2.42 bits per heavy atom. The summed E-state index contributed by atoms with van der Waals surface area (Å²) >= 11 is 0. The average Bonchev–Trinajstić information content (AvgIpc) is 3.12. The molecule has 0 radical (unpaired) electrons. The van der Waals surface area contributed by atoms with E-state index in [2.05, 4.69) is 4.98 Å². The number of nitrogens with zero attached hydrogens (tertiary/aromatic N) is 2. The molecule has 1 fully saturated rings. The first kappa shape index (κ1) is 18.8. The number of hydrogen-bond acceptors (Lipinski definition) is 6. The maximum atomic E-state index is 12.8. The molecule has 2 aromatic rings. The first-order chi connectivity index (χ1) is 12.3. The summed E-state index contributed by atoms with van der Waals surface area (Å²) in [5.74, 6) is 0.573. The molecule has 0 saturated carbocycles. The highest BCUT2D eigenvalue weighted by molar-refractivity contribution is 7.91. The van der Waals surface area contributed by atoms with Crippen LogP contribution in [0.1, 0.15) is 13.3 Å². The second kappa shape index (κ2) is 7.34. The standard InChI is InChI=1S/C17H20N2O5S2/c1-2-25(20,21)16-5-7-17(8-6-16)26(22,23)19-11-9-15(13-19)24-14-4-3-10-18-12-14/h3-8,10,12,15H,2,9,11,13H2,1H3. The fourth-order valence-corrected chi connectivity index (χ4v) is 5.13. The summed E-state index contributed by atoms with van der Waals surface area (Å²) in [6.07, 6.45) is 3.56.